The van der Waals surface area contributed by atoms with Gasteiger partial charge in [-0.3, -0.25) is 4.79 Å². The van der Waals surface area contributed by atoms with Crippen LogP contribution in [0.5, 0.6) is 0 Å². The van der Waals surface area contributed by atoms with Gasteiger partial charge in [-0.15, -0.1) is 0 Å². The Morgan fingerprint density at radius 2 is 2.00 bits per heavy atom. The Morgan fingerprint density at radius 3 is 2.67 bits per heavy atom. The van der Waals surface area contributed by atoms with Crippen molar-refractivity contribution in [1.82, 2.24) is 0 Å². The summed E-state index contributed by atoms with van der Waals surface area (Å²) in [7, 11) is 0. The number of carbonyl (C=O) groups is 1. The lowest BCUT2D eigenvalue weighted by atomic mass is 10.2. The summed E-state index contributed by atoms with van der Waals surface area (Å²) >= 11 is 0. The van der Waals surface area contributed by atoms with Crippen LogP contribution in [0.25, 0.3) is 0 Å². The predicted molar refractivity (Wildman–Crippen MR) is 54.1 cm³/mol. The van der Waals surface area contributed by atoms with Crippen molar-refractivity contribution in [2.75, 3.05) is 0 Å². The Kier molecular flexibility index (Phi) is 3.07. The highest BCUT2D eigenvalue weighted by Crippen LogP contribution is 2.16. The molecule has 78 valence electrons. The maximum absolute atomic E-state index is 11.2. The first-order chi connectivity index (χ1) is 7.34. The van der Waals surface area contributed by atoms with Crippen LogP contribution in [0, 0.1) is 0 Å². The van der Waals surface area contributed by atoms with E-state index >= 15 is 0 Å². The molecule has 1 aromatic rings. The average molecular weight is 204 g/mol. The molecule has 0 saturated heterocycles. The summed E-state index contributed by atoms with van der Waals surface area (Å²) in [5.74, 6) is -0.184. The number of nitrogens with zero attached hydrogens (tertiary/aromatic N) is 2. The molecule has 0 aliphatic carbocycles. The second-order valence-electron chi connectivity index (χ2n) is 3.40. The van der Waals surface area contributed by atoms with Crippen molar-refractivity contribution in [3.8, 4) is 0 Å². The minimum Gasteiger partial charge on any atom is -0.461 e. The van der Waals surface area contributed by atoms with Crippen LogP contribution >= 0.6 is 0 Å². The fraction of sp³-hybridized carbons (Fsp3) is 0.364. The molecule has 1 aliphatic rings. The fourth-order valence-electron chi connectivity index (χ4n) is 1.22. The number of hydrogen-bond acceptors (Lipinski definition) is 4. The SMILES string of the molecule is O=C(CCC1N=N1)OCc1ccccc1. The van der Waals surface area contributed by atoms with Gasteiger partial charge in [0.1, 0.15) is 6.61 Å². The van der Waals surface area contributed by atoms with Crippen LogP contribution in [-0.4, -0.2) is 12.1 Å². The second kappa shape index (κ2) is 4.68. The molecule has 0 unspecified atom stereocenters. The zero-order chi connectivity index (χ0) is 10.5. The largest absolute Gasteiger partial charge is 0.461 e. The number of carbonyl (C=O) groups excluding carboxylic acids is 1. The topological polar surface area (TPSA) is 51.0 Å². The Hall–Kier alpha value is -1.71. The van der Waals surface area contributed by atoms with Crippen LogP contribution in [0.2, 0.25) is 0 Å². The van der Waals surface area contributed by atoms with Gasteiger partial charge < -0.3 is 4.74 Å². The van der Waals surface area contributed by atoms with Crippen LogP contribution in [0.15, 0.2) is 40.6 Å². The number of hydrogen-bond donors (Lipinski definition) is 0. The molecule has 4 heteroatoms. The van der Waals surface area contributed by atoms with E-state index in [1.807, 2.05) is 30.3 Å². The minimum atomic E-state index is -0.184. The van der Waals surface area contributed by atoms with Crippen molar-refractivity contribution in [3.63, 3.8) is 0 Å². The quantitative estimate of drug-likeness (QED) is 0.691. The van der Waals surface area contributed by atoms with Crippen LogP contribution < -0.4 is 0 Å². The number of esters is 1. The summed E-state index contributed by atoms with van der Waals surface area (Å²) in [6.45, 7) is 0.346. The van der Waals surface area contributed by atoms with Crippen molar-refractivity contribution >= 4 is 5.97 Å². The van der Waals surface area contributed by atoms with Gasteiger partial charge in [0, 0.05) is 12.8 Å². The molecule has 0 atom stereocenters. The third-order valence-corrected chi connectivity index (χ3v) is 2.13. The fourth-order valence-corrected chi connectivity index (χ4v) is 1.22. The Bertz CT molecular complexity index is 356. The zero-order valence-electron chi connectivity index (χ0n) is 8.30. The standard InChI is InChI=1S/C11H12N2O2/c14-11(7-6-10-12-13-10)15-8-9-4-2-1-3-5-9/h1-5,10H,6-8H2. The average Bonchev–Trinajstić information content (AvgIpc) is 3.09. The molecule has 1 aliphatic heterocycles. The molecule has 0 radical (unpaired) electrons. The normalized spacial score (nSPS) is 13.9. The predicted octanol–water partition coefficient (Wildman–Crippen LogP) is 2.30. The van der Waals surface area contributed by atoms with Gasteiger partial charge in [0.05, 0.1) is 0 Å². The highest BCUT2D eigenvalue weighted by molar-refractivity contribution is 5.69. The van der Waals surface area contributed by atoms with E-state index in [0.29, 0.717) is 19.4 Å². The number of benzene rings is 1. The van der Waals surface area contributed by atoms with E-state index in [2.05, 4.69) is 10.2 Å². The van der Waals surface area contributed by atoms with Crippen molar-refractivity contribution in [1.29, 1.82) is 0 Å². The van der Waals surface area contributed by atoms with Gasteiger partial charge in [-0.05, 0) is 5.56 Å². The highest BCUT2D eigenvalue weighted by atomic mass is 16.5. The number of rotatable bonds is 5. The van der Waals surface area contributed by atoms with Crippen LogP contribution in [0.1, 0.15) is 18.4 Å². The smallest absolute Gasteiger partial charge is 0.306 e. The molecule has 4 nitrogen and oxygen atoms in total. The first-order valence-electron chi connectivity index (χ1n) is 4.94. The Labute approximate surface area is 88.0 Å². The molecule has 15 heavy (non-hydrogen) atoms. The van der Waals surface area contributed by atoms with Crippen LogP contribution in [0.4, 0.5) is 0 Å². The van der Waals surface area contributed by atoms with Crippen LogP contribution in [0.3, 0.4) is 0 Å². The lowest BCUT2D eigenvalue weighted by Gasteiger charge is -2.03. The molecule has 1 heterocycles. The molecule has 0 aromatic heterocycles. The first kappa shape index (κ1) is 9.83. The van der Waals surface area contributed by atoms with Crippen molar-refractivity contribution < 1.29 is 9.53 Å². The molecule has 0 fully saturated rings. The summed E-state index contributed by atoms with van der Waals surface area (Å²) in [5, 5.41) is 7.42. The Balaban J connectivity index is 1.66. The summed E-state index contributed by atoms with van der Waals surface area (Å²) in [6.07, 6.45) is 1.12. The molecule has 0 amide bonds. The second-order valence-corrected chi connectivity index (χ2v) is 3.40. The maximum atomic E-state index is 11.2. The van der Waals surface area contributed by atoms with E-state index in [-0.39, 0.29) is 12.1 Å². The maximum Gasteiger partial charge on any atom is 0.306 e. The summed E-state index contributed by atoms with van der Waals surface area (Å²) in [6, 6.07) is 9.63. The number of ether oxygens (including phenoxy) is 1. The first-order valence-corrected chi connectivity index (χ1v) is 4.94. The van der Waals surface area contributed by atoms with Crippen LogP contribution in [-0.2, 0) is 16.1 Å². The van der Waals surface area contributed by atoms with E-state index in [0.717, 1.165) is 5.56 Å². The van der Waals surface area contributed by atoms with Crippen molar-refractivity contribution in [2.24, 2.45) is 10.2 Å². The zero-order valence-corrected chi connectivity index (χ0v) is 8.30. The molecule has 0 N–H and O–H groups in total. The third-order valence-electron chi connectivity index (χ3n) is 2.13. The Morgan fingerprint density at radius 1 is 1.27 bits per heavy atom. The summed E-state index contributed by atoms with van der Waals surface area (Å²) in [5.41, 5.74) is 1.01. The van der Waals surface area contributed by atoms with Gasteiger partial charge in [-0.1, -0.05) is 30.3 Å². The van der Waals surface area contributed by atoms with Gasteiger partial charge in [0.15, 0.2) is 6.17 Å². The monoisotopic (exact) mass is 204 g/mol. The molecule has 0 bridgehead atoms. The van der Waals surface area contributed by atoms with E-state index in [1.165, 1.54) is 0 Å². The molecule has 0 saturated carbocycles. The minimum absolute atomic E-state index is 0.0503. The summed E-state index contributed by atoms with van der Waals surface area (Å²) in [4.78, 5) is 11.2. The highest BCUT2D eigenvalue weighted by Gasteiger charge is 2.17. The van der Waals surface area contributed by atoms with E-state index < -0.39 is 0 Å². The molecular formula is C11H12N2O2. The lowest BCUT2D eigenvalue weighted by Crippen LogP contribution is -2.05. The molecule has 0 spiro atoms. The van der Waals surface area contributed by atoms with E-state index in [9.17, 15) is 4.79 Å². The van der Waals surface area contributed by atoms with Gasteiger partial charge in [0.25, 0.3) is 0 Å². The molecule has 1 aromatic carbocycles. The van der Waals surface area contributed by atoms with E-state index in [1.54, 1.807) is 0 Å². The molecular weight excluding hydrogens is 192 g/mol. The van der Waals surface area contributed by atoms with Gasteiger partial charge in [0.2, 0.25) is 0 Å². The van der Waals surface area contributed by atoms with Gasteiger partial charge in [-0.2, -0.15) is 10.2 Å². The van der Waals surface area contributed by atoms with Gasteiger partial charge in [-0.25, -0.2) is 0 Å². The lowest BCUT2D eigenvalue weighted by molar-refractivity contribution is -0.145. The van der Waals surface area contributed by atoms with Crippen molar-refractivity contribution in [3.05, 3.63) is 35.9 Å². The van der Waals surface area contributed by atoms with E-state index in [4.69, 9.17) is 4.74 Å². The third kappa shape index (κ3) is 3.50. The van der Waals surface area contributed by atoms with Gasteiger partial charge >= 0.3 is 5.97 Å². The summed E-state index contributed by atoms with van der Waals surface area (Å²) < 4.78 is 5.08. The van der Waals surface area contributed by atoms with Crippen molar-refractivity contribution in [2.45, 2.75) is 25.6 Å². The molecule has 2 rings (SSSR count).